The Morgan fingerprint density at radius 2 is 1.77 bits per heavy atom. The first-order valence-electron chi connectivity index (χ1n) is 9.77. The highest BCUT2D eigenvalue weighted by Crippen LogP contribution is 2.35. The molecule has 0 aliphatic carbocycles. The van der Waals surface area contributed by atoms with E-state index in [1.165, 1.54) is 5.56 Å². The van der Waals surface area contributed by atoms with Crippen LogP contribution in [0.15, 0.2) is 54.6 Å². The van der Waals surface area contributed by atoms with E-state index in [0.29, 0.717) is 36.2 Å². The van der Waals surface area contributed by atoms with E-state index in [2.05, 4.69) is 24.4 Å². The zero-order valence-electron chi connectivity index (χ0n) is 17.0. The van der Waals surface area contributed by atoms with E-state index in [1.54, 1.807) is 7.11 Å². The molecule has 4 rings (SSSR count). The zero-order chi connectivity index (χ0) is 20.9. The molecule has 1 aliphatic rings. The molecule has 1 aliphatic heterocycles. The minimum atomic E-state index is 0.278. The van der Waals surface area contributed by atoms with Gasteiger partial charge in [-0.3, -0.25) is 0 Å². The van der Waals surface area contributed by atoms with Crippen LogP contribution >= 0.6 is 11.6 Å². The molecule has 1 heterocycles. The second kappa shape index (κ2) is 9.28. The monoisotopic (exact) mass is 425 g/mol. The van der Waals surface area contributed by atoms with Gasteiger partial charge >= 0.3 is 0 Å². The minimum Gasteiger partial charge on any atom is -0.493 e. The van der Waals surface area contributed by atoms with Gasteiger partial charge in [-0.05, 0) is 47.4 Å². The quantitative estimate of drug-likeness (QED) is 0.533. The van der Waals surface area contributed by atoms with Crippen molar-refractivity contribution in [3.8, 4) is 23.0 Å². The number of benzene rings is 3. The molecule has 3 aromatic rings. The van der Waals surface area contributed by atoms with Crippen LogP contribution in [-0.4, -0.2) is 13.9 Å². The Hall–Kier alpha value is -2.89. The number of methoxy groups -OCH3 is 1. The van der Waals surface area contributed by atoms with E-state index in [-0.39, 0.29) is 6.79 Å². The molecule has 0 unspecified atom stereocenters. The third-order valence-electron chi connectivity index (χ3n) is 5.06. The zero-order valence-corrected chi connectivity index (χ0v) is 17.8. The summed E-state index contributed by atoms with van der Waals surface area (Å²) < 4.78 is 22.3. The van der Waals surface area contributed by atoms with Crippen molar-refractivity contribution in [1.29, 1.82) is 0 Å². The molecular weight excluding hydrogens is 402 g/mol. The van der Waals surface area contributed by atoms with Crippen LogP contribution in [0.2, 0.25) is 5.02 Å². The SMILES string of the molecule is COc1cc(CNCc2ccc3c(c2)OCO3)c(Cl)cc1OCc1ccccc1C. The summed E-state index contributed by atoms with van der Waals surface area (Å²) >= 11 is 6.52. The molecule has 0 saturated heterocycles. The smallest absolute Gasteiger partial charge is 0.231 e. The van der Waals surface area contributed by atoms with Gasteiger partial charge in [0, 0.05) is 24.2 Å². The number of rotatable bonds is 8. The fourth-order valence-corrected chi connectivity index (χ4v) is 3.53. The van der Waals surface area contributed by atoms with Crippen molar-refractivity contribution in [2.75, 3.05) is 13.9 Å². The fourth-order valence-electron chi connectivity index (χ4n) is 3.30. The van der Waals surface area contributed by atoms with Crippen molar-refractivity contribution in [3.05, 3.63) is 81.9 Å². The van der Waals surface area contributed by atoms with Gasteiger partial charge < -0.3 is 24.3 Å². The Balaban J connectivity index is 1.39. The maximum Gasteiger partial charge on any atom is 0.231 e. The standard InChI is InChI=1S/C24H24ClNO4/c1-16-5-3-4-6-18(16)14-28-24-11-20(25)19(10-22(24)27-2)13-26-12-17-7-8-21-23(9-17)30-15-29-21/h3-11,26H,12-15H2,1-2H3. The van der Waals surface area contributed by atoms with Gasteiger partial charge in [0.2, 0.25) is 6.79 Å². The molecule has 5 nitrogen and oxygen atoms in total. The van der Waals surface area contributed by atoms with Crippen LogP contribution in [0.3, 0.4) is 0 Å². The molecule has 0 fully saturated rings. The lowest BCUT2D eigenvalue weighted by atomic mass is 10.1. The van der Waals surface area contributed by atoms with Crippen molar-refractivity contribution >= 4 is 11.6 Å². The van der Waals surface area contributed by atoms with Crippen molar-refractivity contribution in [2.45, 2.75) is 26.6 Å². The van der Waals surface area contributed by atoms with E-state index >= 15 is 0 Å². The Kier molecular flexibility index (Phi) is 6.31. The van der Waals surface area contributed by atoms with Gasteiger partial charge in [-0.25, -0.2) is 0 Å². The molecule has 0 spiro atoms. The molecular formula is C24H24ClNO4. The van der Waals surface area contributed by atoms with E-state index in [1.807, 2.05) is 42.5 Å². The molecule has 3 aromatic carbocycles. The summed E-state index contributed by atoms with van der Waals surface area (Å²) in [6, 6.07) is 17.8. The Morgan fingerprint density at radius 3 is 2.60 bits per heavy atom. The van der Waals surface area contributed by atoms with Crippen LogP contribution in [0.4, 0.5) is 0 Å². The first-order chi connectivity index (χ1) is 14.6. The van der Waals surface area contributed by atoms with Gasteiger partial charge in [0.25, 0.3) is 0 Å². The van der Waals surface area contributed by atoms with Crippen LogP contribution in [0.5, 0.6) is 23.0 Å². The summed E-state index contributed by atoms with van der Waals surface area (Å²) in [5.41, 5.74) is 4.37. The predicted octanol–water partition coefficient (Wildman–Crippen LogP) is 5.25. The largest absolute Gasteiger partial charge is 0.493 e. The molecule has 0 radical (unpaired) electrons. The molecule has 0 amide bonds. The third-order valence-corrected chi connectivity index (χ3v) is 5.41. The number of fused-ring (bicyclic) bond motifs is 1. The molecule has 0 aromatic heterocycles. The van der Waals surface area contributed by atoms with Crippen molar-refractivity contribution < 1.29 is 18.9 Å². The number of hydrogen-bond acceptors (Lipinski definition) is 5. The van der Waals surface area contributed by atoms with Gasteiger partial charge in [-0.2, -0.15) is 0 Å². The van der Waals surface area contributed by atoms with Gasteiger partial charge in [-0.15, -0.1) is 0 Å². The summed E-state index contributed by atoms with van der Waals surface area (Å²) in [4.78, 5) is 0. The minimum absolute atomic E-state index is 0.278. The van der Waals surface area contributed by atoms with E-state index in [0.717, 1.165) is 28.2 Å². The average Bonchev–Trinajstić information content (AvgIpc) is 3.22. The number of hydrogen-bond donors (Lipinski definition) is 1. The van der Waals surface area contributed by atoms with Crippen molar-refractivity contribution in [2.24, 2.45) is 0 Å². The predicted molar refractivity (Wildman–Crippen MR) is 117 cm³/mol. The number of aryl methyl sites for hydroxylation is 1. The van der Waals surface area contributed by atoms with Crippen LogP contribution in [-0.2, 0) is 19.7 Å². The fraction of sp³-hybridized carbons (Fsp3) is 0.250. The van der Waals surface area contributed by atoms with Gasteiger partial charge in [-0.1, -0.05) is 41.9 Å². The van der Waals surface area contributed by atoms with Gasteiger partial charge in [0.15, 0.2) is 23.0 Å². The first-order valence-corrected chi connectivity index (χ1v) is 10.1. The highest BCUT2D eigenvalue weighted by atomic mass is 35.5. The lowest BCUT2D eigenvalue weighted by Gasteiger charge is -2.15. The molecule has 6 heteroatoms. The maximum absolute atomic E-state index is 6.52. The summed E-state index contributed by atoms with van der Waals surface area (Å²) in [5.74, 6) is 2.86. The second-order valence-electron chi connectivity index (χ2n) is 7.10. The lowest BCUT2D eigenvalue weighted by Crippen LogP contribution is -2.13. The summed E-state index contributed by atoms with van der Waals surface area (Å²) in [5, 5.41) is 4.04. The molecule has 0 bridgehead atoms. The van der Waals surface area contributed by atoms with E-state index in [9.17, 15) is 0 Å². The topological polar surface area (TPSA) is 49.0 Å². The van der Waals surface area contributed by atoms with Gasteiger partial charge in [0.05, 0.1) is 7.11 Å². The summed E-state index contributed by atoms with van der Waals surface area (Å²) in [6.07, 6.45) is 0. The van der Waals surface area contributed by atoms with E-state index in [4.69, 9.17) is 30.5 Å². The Bertz CT molecular complexity index is 1040. The molecule has 30 heavy (non-hydrogen) atoms. The Morgan fingerprint density at radius 1 is 0.933 bits per heavy atom. The summed E-state index contributed by atoms with van der Waals surface area (Å²) in [6.45, 7) is 4.08. The van der Waals surface area contributed by atoms with Crippen molar-refractivity contribution in [3.63, 3.8) is 0 Å². The lowest BCUT2D eigenvalue weighted by molar-refractivity contribution is 0.174. The maximum atomic E-state index is 6.52. The molecule has 0 atom stereocenters. The third kappa shape index (κ3) is 4.64. The average molecular weight is 426 g/mol. The van der Waals surface area contributed by atoms with Crippen LogP contribution in [0.1, 0.15) is 22.3 Å². The first kappa shape index (κ1) is 20.4. The van der Waals surface area contributed by atoms with Crippen molar-refractivity contribution in [1.82, 2.24) is 5.32 Å². The van der Waals surface area contributed by atoms with Crippen LogP contribution < -0.4 is 24.3 Å². The molecule has 156 valence electrons. The van der Waals surface area contributed by atoms with E-state index < -0.39 is 0 Å². The number of nitrogens with one attached hydrogen (secondary N) is 1. The normalized spacial score (nSPS) is 12.1. The summed E-state index contributed by atoms with van der Waals surface area (Å²) in [7, 11) is 1.63. The second-order valence-corrected chi connectivity index (χ2v) is 7.51. The molecule has 0 saturated carbocycles. The number of ether oxygens (including phenoxy) is 4. The van der Waals surface area contributed by atoms with Gasteiger partial charge in [0.1, 0.15) is 6.61 Å². The van der Waals surface area contributed by atoms with Crippen LogP contribution in [0.25, 0.3) is 0 Å². The highest BCUT2D eigenvalue weighted by molar-refractivity contribution is 6.31. The number of halogens is 1. The highest BCUT2D eigenvalue weighted by Gasteiger charge is 2.14. The Labute approximate surface area is 181 Å². The van der Waals surface area contributed by atoms with Crippen LogP contribution in [0, 0.1) is 6.92 Å². The molecule has 1 N–H and O–H groups in total.